The van der Waals surface area contributed by atoms with Crippen LogP contribution in [0.3, 0.4) is 0 Å². The highest BCUT2D eigenvalue weighted by Gasteiger charge is 2.13. The fraction of sp³-hybridized carbons (Fsp3) is 0.533. The quantitative estimate of drug-likeness (QED) is 0.918. The minimum Gasteiger partial charge on any atom is -0.348 e. The van der Waals surface area contributed by atoms with Gasteiger partial charge in [0, 0.05) is 6.20 Å². The Morgan fingerprint density at radius 1 is 1.14 bits per heavy atom. The van der Waals surface area contributed by atoms with Crippen LogP contribution in [0, 0.1) is 0 Å². The van der Waals surface area contributed by atoms with E-state index in [0.29, 0.717) is 13.1 Å². The van der Waals surface area contributed by atoms with Crippen LogP contribution in [0.1, 0.15) is 31.5 Å². The van der Waals surface area contributed by atoms with Crippen molar-refractivity contribution in [3.05, 3.63) is 30.2 Å². The highest BCUT2D eigenvalue weighted by atomic mass is 16.2. The van der Waals surface area contributed by atoms with Crippen LogP contribution in [0.15, 0.2) is 24.4 Å². The molecule has 1 fully saturated rings. The van der Waals surface area contributed by atoms with Crippen molar-refractivity contribution >= 4 is 11.6 Å². The van der Waals surface area contributed by atoms with Gasteiger partial charge in [-0.3, -0.25) is 14.1 Å². The lowest BCUT2D eigenvalue weighted by atomic mass is 10.2. The number of amides is 1. The molecule has 3 heterocycles. The maximum atomic E-state index is 12.0. The van der Waals surface area contributed by atoms with Gasteiger partial charge in [-0.25, -0.2) is 0 Å². The van der Waals surface area contributed by atoms with Gasteiger partial charge in [0.15, 0.2) is 11.5 Å². The van der Waals surface area contributed by atoms with E-state index in [9.17, 15) is 4.79 Å². The molecule has 2 aromatic rings. The predicted molar refractivity (Wildman–Crippen MR) is 79.7 cm³/mol. The molecule has 0 spiro atoms. The molecule has 1 saturated heterocycles. The van der Waals surface area contributed by atoms with Crippen LogP contribution in [0.2, 0.25) is 0 Å². The number of nitrogens with one attached hydrogen (secondary N) is 1. The molecular formula is C15H21N5O. The van der Waals surface area contributed by atoms with Crippen LogP contribution in [-0.4, -0.2) is 45.0 Å². The van der Waals surface area contributed by atoms with Gasteiger partial charge in [-0.05, 0) is 38.1 Å². The van der Waals surface area contributed by atoms with E-state index < -0.39 is 0 Å². The van der Waals surface area contributed by atoms with E-state index in [-0.39, 0.29) is 5.91 Å². The highest BCUT2D eigenvalue weighted by Crippen LogP contribution is 2.09. The van der Waals surface area contributed by atoms with Crippen molar-refractivity contribution in [3.63, 3.8) is 0 Å². The smallest absolute Gasteiger partial charge is 0.234 e. The fourth-order valence-corrected chi connectivity index (χ4v) is 2.74. The van der Waals surface area contributed by atoms with Gasteiger partial charge in [-0.2, -0.15) is 0 Å². The molecular weight excluding hydrogens is 266 g/mol. The summed E-state index contributed by atoms with van der Waals surface area (Å²) < 4.78 is 1.90. The Kier molecular flexibility index (Phi) is 4.45. The maximum absolute atomic E-state index is 12.0. The molecule has 0 atom stereocenters. The molecule has 1 amide bonds. The van der Waals surface area contributed by atoms with Crippen molar-refractivity contribution in [2.24, 2.45) is 0 Å². The standard InChI is InChI=1S/C15H21N5O/c21-15(12-19-8-4-1-2-5-9-19)16-11-14-18-17-13-7-3-6-10-20(13)14/h3,6-7,10H,1-2,4-5,8-9,11-12H2,(H,16,21). The van der Waals surface area contributed by atoms with Crippen LogP contribution < -0.4 is 5.32 Å². The van der Waals surface area contributed by atoms with E-state index in [1.165, 1.54) is 25.7 Å². The van der Waals surface area contributed by atoms with Crippen LogP contribution in [0.4, 0.5) is 0 Å². The largest absolute Gasteiger partial charge is 0.348 e. The van der Waals surface area contributed by atoms with Crippen molar-refractivity contribution < 1.29 is 4.79 Å². The lowest BCUT2D eigenvalue weighted by Gasteiger charge is -2.18. The van der Waals surface area contributed by atoms with Crippen LogP contribution >= 0.6 is 0 Å². The van der Waals surface area contributed by atoms with E-state index in [2.05, 4.69) is 20.4 Å². The molecule has 21 heavy (non-hydrogen) atoms. The minimum absolute atomic E-state index is 0.0598. The molecule has 1 aliphatic heterocycles. The van der Waals surface area contributed by atoms with Gasteiger partial charge in [-0.15, -0.1) is 10.2 Å². The summed E-state index contributed by atoms with van der Waals surface area (Å²) >= 11 is 0. The molecule has 6 heteroatoms. The first kappa shape index (κ1) is 14.0. The zero-order valence-electron chi connectivity index (χ0n) is 12.2. The third-order valence-corrected chi connectivity index (χ3v) is 3.89. The SMILES string of the molecule is O=C(CN1CCCCCC1)NCc1nnc2ccccn12. The topological polar surface area (TPSA) is 62.5 Å². The van der Waals surface area contributed by atoms with Gasteiger partial charge in [0.2, 0.25) is 5.91 Å². The summed E-state index contributed by atoms with van der Waals surface area (Å²) in [5.74, 6) is 0.819. The molecule has 0 aromatic carbocycles. The first-order valence-corrected chi connectivity index (χ1v) is 7.60. The summed E-state index contributed by atoms with van der Waals surface area (Å²) in [5.41, 5.74) is 0.800. The number of aromatic nitrogens is 3. The molecule has 0 saturated carbocycles. The number of carbonyl (C=O) groups excluding carboxylic acids is 1. The van der Waals surface area contributed by atoms with E-state index in [0.717, 1.165) is 24.6 Å². The number of fused-ring (bicyclic) bond motifs is 1. The zero-order valence-corrected chi connectivity index (χ0v) is 12.2. The highest BCUT2D eigenvalue weighted by molar-refractivity contribution is 5.77. The minimum atomic E-state index is 0.0598. The average molecular weight is 287 g/mol. The van der Waals surface area contributed by atoms with Crippen LogP contribution in [0.25, 0.3) is 5.65 Å². The summed E-state index contributed by atoms with van der Waals surface area (Å²) in [6.45, 7) is 2.96. The summed E-state index contributed by atoms with van der Waals surface area (Å²) in [6.07, 6.45) is 6.86. The molecule has 0 bridgehead atoms. The molecule has 0 radical (unpaired) electrons. The molecule has 0 unspecified atom stereocenters. The fourth-order valence-electron chi connectivity index (χ4n) is 2.74. The second kappa shape index (κ2) is 6.67. The Morgan fingerprint density at radius 2 is 1.95 bits per heavy atom. The van der Waals surface area contributed by atoms with E-state index in [1.54, 1.807) is 0 Å². The maximum Gasteiger partial charge on any atom is 0.234 e. The number of rotatable bonds is 4. The average Bonchev–Trinajstić information content (AvgIpc) is 2.74. The first-order valence-electron chi connectivity index (χ1n) is 7.60. The summed E-state index contributed by atoms with van der Waals surface area (Å²) in [5, 5.41) is 11.1. The first-order chi connectivity index (χ1) is 10.3. The van der Waals surface area contributed by atoms with Gasteiger partial charge in [-0.1, -0.05) is 18.9 Å². The number of pyridine rings is 1. The van der Waals surface area contributed by atoms with Crippen molar-refractivity contribution in [2.45, 2.75) is 32.2 Å². The second-order valence-electron chi connectivity index (χ2n) is 5.51. The summed E-state index contributed by atoms with van der Waals surface area (Å²) in [7, 11) is 0. The Hall–Kier alpha value is -1.95. The van der Waals surface area contributed by atoms with E-state index in [4.69, 9.17) is 0 Å². The van der Waals surface area contributed by atoms with Gasteiger partial charge in [0.05, 0.1) is 13.1 Å². The van der Waals surface area contributed by atoms with Crippen molar-refractivity contribution in [3.8, 4) is 0 Å². The number of likely N-dealkylation sites (tertiary alicyclic amines) is 1. The molecule has 0 aliphatic carbocycles. The second-order valence-corrected chi connectivity index (χ2v) is 5.51. The summed E-state index contributed by atoms with van der Waals surface area (Å²) in [6, 6.07) is 5.75. The van der Waals surface area contributed by atoms with Gasteiger partial charge >= 0.3 is 0 Å². The monoisotopic (exact) mass is 287 g/mol. The number of nitrogens with zero attached hydrogens (tertiary/aromatic N) is 4. The van der Waals surface area contributed by atoms with Crippen LogP contribution in [0.5, 0.6) is 0 Å². The van der Waals surface area contributed by atoms with E-state index in [1.807, 2.05) is 28.8 Å². The number of hydrogen-bond donors (Lipinski definition) is 1. The predicted octanol–water partition coefficient (Wildman–Crippen LogP) is 1.22. The van der Waals surface area contributed by atoms with Gasteiger partial charge in [0.25, 0.3) is 0 Å². The zero-order chi connectivity index (χ0) is 14.5. The molecule has 3 rings (SSSR count). The van der Waals surface area contributed by atoms with Gasteiger partial charge in [0.1, 0.15) is 0 Å². The number of carbonyl (C=O) groups is 1. The summed E-state index contributed by atoms with van der Waals surface area (Å²) in [4.78, 5) is 14.3. The third kappa shape index (κ3) is 3.58. The van der Waals surface area contributed by atoms with Crippen LogP contribution in [-0.2, 0) is 11.3 Å². The molecule has 112 valence electrons. The Labute approximate surface area is 124 Å². The molecule has 1 aliphatic rings. The lowest BCUT2D eigenvalue weighted by Crippen LogP contribution is -2.37. The Bertz CT molecular complexity index is 601. The van der Waals surface area contributed by atoms with E-state index >= 15 is 0 Å². The third-order valence-electron chi connectivity index (χ3n) is 3.89. The van der Waals surface area contributed by atoms with Crippen molar-refractivity contribution in [2.75, 3.05) is 19.6 Å². The molecule has 6 nitrogen and oxygen atoms in total. The lowest BCUT2D eigenvalue weighted by molar-refractivity contribution is -0.122. The molecule has 2 aromatic heterocycles. The normalized spacial score (nSPS) is 16.8. The van der Waals surface area contributed by atoms with Crippen molar-refractivity contribution in [1.82, 2.24) is 24.8 Å². The molecule has 1 N–H and O–H groups in total. The number of hydrogen-bond acceptors (Lipinski definition) is 4. The Morgan fingerprint density at radius 3 is 2.76 bits per heavy atom. The van der Waals surface area contributed by atoms with Crippen molar-refractivity contribution in [1.29, 1.82) is 0 Å². The Balaban J connectivity index is 1.53. The van der Waals surface area contributed by atoms with Gasteiger partial charge < -0.3 is 5.32 Å².